The highest BCUT2D eigenvalue weighted by Gasteiger charge is 2.31. The van der Waals surface area contributed by atoms with Crippen LogP contribution in [-0.2, 0) is 30.7 Å². The van der Waals surface area contributed by atoms with Gasteiger partial charge in [-0.05, 0) is 54.7 Å². The monoisotopic (exact) mass is 688 g/mol. The molecule has 0 spiro atoms. The molecule has 13 nitrogen and oxygen atoms in total. The summed E-state index contributed by atoms with van der Waals surface area (Å²) in [5.74, 6) is -0.935. The molecular weight excluding hydrogens is 657 g/mol. The Morgan fingerprint density at radius 3 is 2.21 bits per heavy atom. The van der Waals surface area contributed by atoms with Crippen LogP contribution < -0.4 is 15.8 Å². The second-order valence-electron chi connectivity index (χ2n) is 12.2. The number of primary sulfonamides is 1. The third kappa shape index (κ3) is 6.93. The Bertz CT molecular complexity index is 2110. The summed E-state index contributed by atoms with van der Waals surface area (Å²) >= 11 is 0.564. The molecule has 5 aromatic rings. The Balaban J connectivity index is 1.26. The Kier molecular flexibility index (Phi) is 8.76. The lowest BCUT2D eigenvalue weighted by Gasteiger charge is -2.20. The lowest BCUT2D eigenvalue weighted by Crippen LogP contribution is -2.45. The van der Waals surface area contributed by atoms with E-state index in [0.29, 0.717) is 27.8 Å². The highest BCUT2D eigenvalue weighted by Crippen LogP contribution is 2.44. The first kappa shape index (κ1) is 32.8. The summed E-state index contributed by atoms with van der Waals surface area (Å²) in [4.78, 5) is 40.1. The van der Waals surface area contributed by atoms with E-state index < -0.39 is 44.1 Å². The molecule has 2 aromatic heterocycles. The van der Waals surface area contributed by atoms with Crippen molar-refractivity contribution in [1.82, 2.24) is 20.1 Å². The van der Waals surface area contributed by atoms with E-state index in [9.17, 15) is 22.8 Å². The minimum absolute atomic E-state index is 0.0142. The van der Waals surface area contributed by atoms with Gasteiger partial charge in [0.25, 0.3) is 10.0 Å². The van der Waals surface area contributed by atoms with Gasteiger partial charge in [-0.15, -0.1) is 10.2 Å². The second kappa shape index (κ2) is 12.8. The third-order valence-corrected chi connectivity index (χ3v) is 9.79. The number of carbonyl (C=O) groups excluding carboxylic acids is 3. The van der Waals surface area contributed by atoms with E-state index in [1.165, 1.54) is 4.57 Å². The van der Waals surface area contributed by atoms with Crippen molar-refractivity contribution >= 4 is 55.5 Å². The fraction of sp³-hybridized carbons (Fsp3) is 0.242. The van der Waals surface area contributed by atoms with Gasteiger partial charge in [0.05, 0.1) is 5.52 Å². The molecule has 6 rings (SSSR count). The van der Waals surface area contributed by atoms with Crippen LogP contribution in [0.3, 0.4) is 0 Å². The maximum absolute atomic E-state index is 13.6. The molecule has 2 amide bonds. The summed E-state index contributed by atoms with van der Waals surface area (Å²) in [6, 6.07) is 21.7. The first-order chi connectivity index (χ1) is 22.8. The molecule has 0 bridgehead atoms. The van der Waals surface area contributed by atoms with Gasteiger partial charge in [-0.2, -0.15) is 0 Å². The second-order valence-corrected chi connectivity index (χ2v) is 14.9. The minimum atomic E-state index is -4.15. The minimum Gasteiger partial charge on any atom is -0.449 e. The number of anilines is 1. The number of hydrogen-bond acceptors (Lipinski definition) is 10. The van der Waals surface area contributed by atoms with Crippen LogP contribution in [0.5, 0.6) is 0 Å². The van der Waals surface area contributed by atoms with Gasteiger partial charge in [-0.3, -0.25) is 14.7 Å². The summed E-state index contributed by atoms with van der Waals surface area (Å²) in [6.45, 7) is 5.28. The lowest BCUT2D eigenvalue weighted by molar-refractivity contribution is -0.118. The van der Waals surface area contributed by atoms with Gasteiger partial charge in [0, 0.05) is 23.9 Å². The SMILES string of the molecule is CC(C)(C)OC(=O)n1cc(C[C@H](NC(=O)OCC2c3ccccc3-c3ccccc32)C(=O)Nc2nnc(S(N)(=O)=O)s2)c2ccccc21. The number of benzene rings is 3. The molecule has 248 valence electrons. The van der Waals surface area contributed by atoms with Crippen LogP contribution in [-0.4, -0.2) is 59.5 Å². The summed E-state index contributed by atoms with van der Waals surface area (Å²) in [5, 5.41) is 18.0. The van der Waals surface area contributed by atoms with E-state index in [-0.39, 0.29) is 24.1 Å². The average Bonchev–Trinajstić information content (AvgIpc) is 3.74. The zero-order valence-electron chi connectivity index (χ0n) is 26.2. The van der Waals surface area contributed by atoms with Gasteiger partial charge in [0.15, 0.2) is 0 Å². The number of alkyl carbamates (subject to hydrolysis) is 1. The Hall–Kier alpha value is -5.12. The number of sulfonamides is 1. The van der Waals surface area contributed by atoms with E-state index in [1.807, 2.05) is 48.5 Å². The van der Waals surface area contributed by atoms with E-state index in [1.54, 1.807) is 51.2 Å². The van der Waals surface area contributed by atoms with Crippen LogP contribution in [0.15, 0.2) is 83.3 Å². The molecule has 48 heavy (non-hydrogen) atoms. The molecule has 0 saturated carbocycles. The quantitative estimate of drug-likeness (QED) is 0.189. The summed E-state index contributed by atoms with van der Waals surface area (Å²) in [5.41, 5.74) is 4.53. The highest BCUT2D eigenvalue weighted by atomic mass is 32.2. The zero-order valence-corrected chi connectivity index (χ0v) is 27.8. The molecule has 1 atom stereocenters. The molecule has 0 radical (unpaired) electrons. The van der Waals surface area contributed by atoms with Crippen molar-refractivity contribution in [2.45, 2.75) is 49.1 Å². The molecule has 0 unspecified atom stereocenters. The summed E-state index contributed by atoms with van der Waals surface area (Å²) < 4.78 is 35.6. The predicted octanol–water partition coefficient (Wildman–Crippen LogP) is 5.01. The maximum Gasteiger partial charge on any atom is 0.419 e. The topological polar surface area (TPSA) is 185 Å². The van der Waals surface area contributed by atoms with Crippen LogP contribution in [0, 0.1) is 0 Å². The maximum atomic E-state index is 13.6. The van der Waals surface area contributed by atoms with Crippen molar-refractivity contribution in [3.63, 3.8) is 0 Å². The van der Waals surface area contributed by atoms with Crippen molar-refractivity contribution in [3.8, 4) is 11.1 Å². The van der Waals surface area contributed by atoms with Crippen molar-refractivity contribution in [2.24, 2.45) is 5.14 Å². The molecule has 2 heterocycles. The van der Waals surface area contributed by atoms with Crippen molar-refractivity contribution in [1.29, 1.82) is 0 Å². The fourth-order valence-electron chi connectivity index (χ4n) is 5.65. The number of hydrogen-bond donors (Lipinski definition) is 3. The first-order valence-corrected chi connectivity index (χ1v) is 17.3. The van der Waals surface area contributed by atoms with Crippen LogP contribution in [0.1, 0.15) is 43.4 Å². The molecular formula is C33H32N6O7S2. The van der Waals surface area contributed by atoms with E-state index in [0.717, 1.165) is 22.3 Å². The van der Waals surface area contributed by atoms with Gasteiger partial charge in [0.1, 0.15) is 18.2 Å². The number of para-hydroxylation sites is 1. The first-order valence-electron chi connectivity index (χ1n) is 14.9. The Morgan fingerprint density at radius 1 is 0.958 bits per heavy atom. The molecule has 0 saturated heterocycles. The van der Waals surface area contributed by atoms with Crippen molar-refractivity contribution < 1.29 is 32.3 Å². The Morgan fingerprint density at radius 2 is 1.58 bits per heavy atom. The van der Waals surface area contributed by atoms with Gasteiger partial charge in [0.2, 0.25) is 15.4 Å². The molecule has 1 aliphatic rings. The number of amides is 2. The van der Waals surface area contributed by atoms with E-state index >= 15 is 0 Å². The summed E-state index contributed by atoms with van der Waals surface area (Å²) in [7, 11) is -4.15. The number of fused-ring (bicyclic) bond motifs is 4. The van der Waals surface area contributed by atoms with Gasteiger partial charge in [-0.1, -0.05) is 78.1 Å². The highest BCUT2D eigenvalue weighted by molar-refractivity contribution is 7.91. The van der Waals surface area contributed by atoms with Crippen LogP contribution in [0.2, 0.25) is 0 Å². The molecule has 4 N–H and O–H groups in total. The van der Waals surface area contributed by atoms with E-state index in [2.05, 4.69) is 20.8 Å². The number of ether oxygens (including phenoxy) is 2. The standard InChI is InChI=1S/C33H32N6O7S2/c1-33(2,3)46-32(42)39-17-19(20-10-8-9-15-27(20)39)16-26(28(40)36-29-37-38-31(47-29)48(34,43)44)35-30(41)45-18-25-23-13-6-4-11-21(23)22-12-5-7-14-24(22)25/h4-15,17,25-26H,16,18H2,1-3H3,(H,35,41)(H2,34,43,44)(H,36,37,40)/t26-/m0/s1. The molecule has 0 aliphatic heterocycles. The van der Waals surface area contributed by atoms with E-state index in [4.69, 9.17) is 14.6 Å². The lowest BCUT2D eigenvalue weighted by atomic mass is 9.98. The van der Waals surface area contributed by atoms with Crippen molar-refractivity contribution in [2.75, 3.05) is 11.9 Å². The van der Waals surface area contributed by atoms with Gasteiger partial charge in [-0.25, -0.2) is 23.1 Å². The summed E-state index contributed by atoms with van der Waals surface area (Å²) in [6.07, 6.45) is 0.0190. The number of aromatic nitrogens is 3. The van der Waals surface area contributed by atoms with Crippen LogP contribution >= 0.6 is 11.3 Å². The van der Waals surface area contributed by atoms with Crippen LogP contribution in [0.25, 0.3) is 22.0 Å². The molecule has 1 aliphatic carbocycles. The van der Waals surface area contributed by atoms with Gasteiger partial charge >= 0.3 is 12.2 Å². The average molecular weight is 689 g/mol. The third-order valence-electron chi connectivity index (χ3n) is 7.64. The number of nitrogens with zero attached hydrogens (tertiary/aromatic N) is 3. The molecule has 15 heteroatoms. The number of carbonyl (C=O) groups is 3. The fourth-order valence-corrected chi connectivity index (χ4v) is 6.99. The van der Waals surface area contributed by atoms with Crippen LogP contribution in [0.4, 0.5) is 14.7 Å². The predicted molar refractivity (Wildman–Crippen MR) is 179 cm³/mol. The number of rotatable bonds is 8. The smallest absolute Gasteiger partial charge is 0.419 e. The molecule has 3 aromatic carbocycles. The van der Waals surface area contributed by atoms with Gasteiger partial charge < -0.3 is 14.8 Å². The van der Waals surface area contributed by atoms with Crippen molar-refractivity contribution in [3.05, 3.63) is 95.7 Å². The Labute approximate surface area is 280 Å². The normalized spacial score (nSPS) is 13.4. The number of nitrogens with one attached hydrogen (secondary N) is 2. The number of nitrogens with two attached hydrogens (primary N) is 1. The molecule has 0 fully saturated rings. The largest absolute Gasteiger partial charge is 0.449 e. The zero-order chi connectivity index (χ0) is 34.2.